The van der Waals surface area contributed by atoms with Crippen LogP contribution in [0.15, 0.2) is 24.3 Å². The highest BCUT2D eigenvalue weighted by molar-refractivity contribution is 5.78. The molecule has 3 heteroatoms. The highest BCUT2D eigenvalue weighted by Gasteiger charge is 2.23. The molecule has 21 heavy (non-hydrogen) atoms. The maximum absolute atomic E-state index is 12.4. The summed E-state index contributed by atoms with van der Waals surface area (Å²) in [4.78, 5) is 14.3. The summed E-state index contributed by atoms with van der Waals surface area (Å²) in [6, 6.07) is 8.64. The molecule has 116 valence electrons. The van der Waals surface area contributed by atoms with Gasteiger partial charge in [0.1, 0.15) is 0 Å². The second kappa shape index (κ2) is 6.61. The second-order valence-corrected chi connectivity index (χ2v) is 7.18. The molecule has 1 amide bonds. The van der Waals surface area contributed by atoms with Crippen LogP contribution in [0.25, 0.3) is 0 Å². The number of carbonyl (C=O) groups excluding carboxylic acids is 1. The zero-order valence-corrected chi connectivity index (χ0v) is 13.8. The van der Waals surface area contributed by atoms with Gasteiger partial charge in [-0.15, -0.1) is 0 Å². The van der Waals surface area contributed by atoms with Crippen LogP contribution in [-0.4, -0.2) is 30.9 Å². The van der Waals surface area contributed by atoms with Crippen LogP contribution in [0.3, 0.4) is 0 Å². The van der Waals surface area contributed by atoms with Crippen LogP contribution in [0.1, 0.15) is 44.7 Å². The first-order chi connectivity index (χ1) is 9.88. The summed E-state index contributed by atoms with van der Waals surface area (Å²) in [5.74, 6) is 0.416. The Hall–Kier alpha value is -1.35. The largest absolute Gasteiger partial charge is 0.341 e. The third-order valence-corrected chi connectivity index (χ3v) is 4.26. The number of benzene rings is 1. The van der Waals surface area contributed by atoms with E-state index in [0.29, 0.717) is 6.54 Å². The van der Waals surface area contributed by atoms with Crippen molar-refractivity contribution >= 4 is 5.91 Å². The number of hydrogen-bond acceptors (Lipinski definition) is 2. The molecule has 1 atom stereocenters. The van der Waals surface area contributed by atoms with Crippen molar-refractivity contribution in [3.8, 4) is 0 Å². The van der Waals surface area contributed by atoms with Gasteiger partial charge in [-0.25, -0.2) is 0 Å². The van der Waals surface area contributed by atoms with E-state index in [2.05, 4.69) is 50.4 Å². The van der Waals surface area contributed by atoms with Gasteiger partial charge in [0, 0.05) is 20.1 Å². The molecule has 1 N–H and O–H groups in total. The van der Waals surface area contributed by atoms with Gasteiger partial charge in [-0.3, -0.25) is 4.79 Å². The molecule has 1 aliphatic rings. The van der Waals surface area contributed by atoms with Gasteiger partial charge in [0.15, 0.2) is 0 Å². The third kappa shape index (κ3) is 4.31. The maximum atomic E-state index is 12.4. The first kappa shape index (κ1) is 16.0. The lowest BCUT2D eigenvalue weighted by molar-refractivity contribution is -0.135. The van der Waals surface area contributed by atoms with Crippen molar-refractivity contribution in [2.75, 3.05) is 20.1 Å². The van der Waals surface area contributed by atoms with E-state index >= 15 is 0 Å². The Balaban J connectivity index is 1.95. The highest BCUT2D eigenvalue weighted by atomic mass is 16.2. The summed E-state index contributed by atoms with van der Waals surface area (Å²) in [6.07, 6.45) is 2.11. The highest BCUT2D eigenvalue weighted by Crippen LogP contribution is 2.22. The van der Waals surface area contributed by atoms with Crippen molar-refractivity contribution < 1.29 is 4.79 Å². The lowest BCUT2D eigenvalue weighted by atomic mass is 9.87. The zero-order chi connectivity index (χ0) is 15.5. The predicted molar refractivity (Wildman–Crippen MR) is 87.2 cm³/mol. The fraction of sp³-hybridized carbons (Fsp3) is 0.611. The summed E-state index contributed by atoms with van der Waals surface area (Å²) < 4.78 is 0. The summed E-state index contributed by atoms with van der Waals surface area (Å²) in [7, 11) is 1.91. The summed E-state index contributed by atoms with van der Waals surface area (Å²) in [5.41, 5.74) is 2.70. The van der Waals surface area contributed by atoms with Gasteiger partial charge >= 0.3 is 0 Å². The van der Waals surface area contributed by atoms with Gasteiger partial charge in [-0.1, -0.05) is 45.0 Å². The Morgan fingerprint density at radius 2 is 1.95 bits per heavy atom. The number of amides is 1. The average molecular weight is 288 g/mol. The number of hydrogen-bond donors (Lipinski definition) is 1. The molecule has 1 aromatic rings. The van der Waals surface area contributed by atoms with Gasteiger partial charge in [-0.2, -0.15) is 0 Å². The predicted octanol–water partition coefficient (Wildman–Crippen LogP) is 2.94. The molecule has 1 aliphatic heterocycles. The Kier molecular flexibility index (Phi) is 5.04. The van der Waals surface area contributed by atoms with Crippen molar-refractivity contribution in [3.05, 3.63) is 35.4 Å². The Morgan fingerprint density at radius 3 is 2.48 bits per heavy atom. The molecular weight excluding hydrogens is 260 g/mol. The zero-order valence-electron chi connectivity index (χ0n) is 13.8. The van der Waals surface area contributed by atoms with Gasteiger partial charge in [0.05, 0.1) is 5.92 Å². The first-order valence-electron chi connectivity index (χ1n) is 7.93. The molecule has 0 bridgehead atoms. The van der Waals surface area contributed by atoms with E-state index in [0.717, 1.165) is 25.9 Å². The topological polar surface area (TPSA) is 32.3 Å². The van der Waals surface area contributed by atoms with Crippen molar-refractivity contribution in [2.24, 2.45) is 5.92 Å². The molecule has 2 rings (SSSR count). The van der Waals surface area contributed by atoms with E-state index in [1.165, 1.54) is 11.1 Å². The van der Waals surface area contributed by atoms with Crippen LogP contribution >= 0.6 is 0 Å². The standard InChI is InChI=1S/C18H28N2O/c1-18(2,3)16-9-7-14(8-10-16)13-20(4)17(21)15-6-5-11-19-12-15/h7-10,15,19H,5-6,11-13H2,1-4H3/t15-/m0/s1. The molecule has 1 saturated heterocycles. The first-order valence-corrected chi connectivity index (χ1v) is 7.93. The van der Waals surface area contributed by atoms with Gasteiger partial charge in [0.2, 0.25) is 5.91 Å². The molecule has 1 aromatic carbocycles. The minimum atomic E-state index is 0.151. The number of nitrogens with one attached hydrogen (secondary N) is 1. The molecule has 0 unspecified atom stereocenters. The van der Waals surface area contributed by atoms with Crippen LogP contribution < -0.4 is 5.32 Å². The molecular formula is C18H28N2O. The molecule has 0 aromatic heterocycles. The number of carbonyl (C=O) groups is 1. The van der Waals surface area contributed by atoms with Crippen molar-refractivity contribution in [2.45, 2.75) is 45.6 Å². The Labute approximate surface area is 128 Å². The van der Waals surface area contributed by atoms with Gasteiger partial charge in [0.25, 0.3) is 0 Å². The Bertz CT molecular complexity index is 467. The molecule has 0 saturated carbocycles. The minimum absolute atomic E-state index is 0.151. The molecule has 0 spiro atoms. The van der Waals surface area contributed by atoms with E-state index < -0.39 is 0 Å². The molecule has 3 nitrogen and oxygen atoms in total. The molecule has 0 aliphatic carbocycles. The van der Waals surface area contributed by atoms with Crippen molar-refractivity contribution in [3.63, 3.8) is 0 Å². The minimum Gasteiger partial charge on any atom is -0.341 e. The van der Waals surface area contributed by atoms with Crippen LogP contribution in [-0.2, 0) is 16.8 Å². The molecule has 1 heterocycles. The van der Waals surface area contributed by atoms with E-state index in [-0.39, 0.29) is 17.2 Å². The monoisotopic (exact) mass is 288 g/mol. The molecule has 0 radical (unpaired) electrons. The van der Waals surface area contributed by atoms with E-state index in [1.54, 1.807) is 0 Å². The van der Waals surface area contributed by atoms with Crippen molar-refractivity contribution in [1.82, 2.24) is 10.2 Å². The van der Waals surface area contributed by atoms with Gasteiger partial charge in [-0.05, 0) is 35.9 Å². The van der Waals surface area contributed by atoms with Crippen LogP contribution in [0.5, 0.6) is 0 Å². The number of nitrogens with zero attached hydrogens (tertiary/aromatic N) is 1. The van der Waals surface area contributed by atoms with Crippen LogP contribution in [0.4, 0.5) is 0 Å². The quantitative estimate of drug-likeness (QED) is 0.927. The third-order valence-electron chi connectivity index (χ3n) is 4.26. The maximum Gasteiger partial charge on any atom is 0.227 e. The van der Waals surface area contributed by atoms with Crippen molar-refractivity contribution in [1.29, 1.82) is 0 Å². The van der Waals surface area contributed by atoms with E-state index in [9.17, 15) is 4.79 Å². The lowest BCUT2D eigenvalue weighted by Crippen LogP contribution is -2.41. The fourth-order valence-electron chi connectivity index (χ4n) is 2.84. The summed E-state index contributed by atoms with van der Waals surface area (Å²) in [5, 5.41) is 3.31. The number of piperidine rings is 1. The second-order valence-electron chi connectivity index (χ2n) is 7.18. The van der Waals surface area contributed by atoms with Crippen LogP contribution in [0, 0.1) is 5.92 Å². The fourth-order valence-corrected chi connectivity index (χ4v) is 2.84. The van der Waals surface area contributed by atoms with E-state index in [4.69, 9.17) is 0 Å². The summed E-state index contributed by atoms with van der Waals surface area (Å²) in [6.45, 7) is 9.21. The smallest absolute Gasteiger partial charge is 0.227 e. The SMILES string of the molecule is CN(Cc1ccc(C(C)(C)C)cc1)C(=O)[C@H]1CCCNC1. The lowest BCUT2D eigenvalue weighted by Gasteiger charge is -2.27. The summed E-state index contributed by atoms with van der Waals surface area (Å²) >= 11 is 0. The van der Waals surface area contributed by atoms with Gasteiger partial charge < -0.3 is 10.2 Å². The number of rotatable bonds is 3. The normalized spacial score (nSPS) is 19.3. The Morgan fingerprint density at radius 1 is 1.29 bits per heavy atom. The van der Waals surface area contributed by atoms with Crippen LogP contribution in [0.2, 0.25) is 0 Å². The molecule has 1 fully saturated rings. The average Bonchev–Trinajstić information content (AvgIpc) is 2.47. The van der Waals surface area contributed by atoms with E-state index in [1.807, 2.05) is 11.9 Å².